The van der Waals surface area contributed by atoms with Crippen molar-refractivity contribution in [3.05, 3.63) is 34.8 Å². The Bertz CT molecular complexity index is 900. The van der Waals surface area contributed by atoms with E-state index in [0.717, 1.165) is 18.9 Å². The average Bonchev–Trinajstić information content (AvgIpc) is 3.37. The van der Waals surface area contributed by atoms with E-state index in [1.807, 2.05) is 6.92 Å². The Morgan fingerprint density at radius 2 is 2.04 bits per heavy atom. The highest BCUT2D eigenvalue weighted by Crippen LogP contribution is 2.43. The Morgan fingerprint density at radius 1 is 1.37 bits per heavy atom. The van der Waals surface area contributed by atoms with Crippen LogP contribution in [0.4, 0.5) is 13.2 Å². The molecule has 0 spiro atoms. The van der Waals surface area contributed by atoms with Gasteiger partial charge < -0.3 is 15.0 Å². The zero-order chi connectivity index (χ0) is 19.9. The largest absolute Gasteiger partial charge is 0.419 e. The van der Waals surface area contributed by atoms with E-state index in [1.54, 1.807) is 13.1 Å². The molecule has 9 heteroatoms. The molecule has 0 aliphatic heterocycles. The van der Waals surface area contributed by atoms with Crippen molar-refractivity contribution in [1.29, 1.82) is 0 Å². The maximum absolute atomic E-state index is 13.6. The van der Waals surface area contributed by atoms with Crippen LogP contribution in [0.3, 0.4) is 0 Å². The zero-order valence-electron chi connectivity index (χ0n) is 15.1. The standard InChI is InChI=1S/C18H21F3N4O2/c1-3-6-24(9-14(22)26)17(27)15-10(2)25-8-12(11-4-5-11)7-13(16(25)23-15)18(19,20)21/h7-8,11H,3-6,9H2,1-2H3,(H2,22,26). The van der Waals surface area contributed by atoms with Crippen LogP contribution in [0.25, 0.3) is 5.65 Å². The zero-order valence-corrected chi connectivity index (χ0v) is 15.1. The average molecular weight is 382 g/mol. The number of carbonyl (C=O) groups is 2. The lowest BCUT2D eigenvalue weighted by Crippen LogP contribution is -2.39. The first-order valence-electron chi connectivity index (χ1n) is 8.80. The third-order valence-electron chi connectivity index (χ3n) is 4.66. The van der Waals surface area contributed by atoms with Crippen LogP contribution >= 0.6 is 0 Å². The van der Waals surface area contributed by atoms with Crippen LogP contribution in [0.1, 0.15) is 59.4 Å². The summed E-state index contributed by atoms with van der Waals surface area (Å²) in [6.45, 7) is 3.33. The van der Waals surface area contributed by atoms with E-state index >= 15 is 0 Å². The highest BCUT2D eigenvalue weighted by atomic mass is 19.4. The number of carbonyl (C=O) groups excluding carboxylic acids is 2. The number of amides is 2. The number of halogens is 3. The second kappa shape index (κ2) is 6.86. The van der Waals surface area contributed by atoms with E-state index in [9.17, 15) is 22.8 Å². The summed E-state index contributed by atoms with van der Waals surface area (Å²) in [4.78, 5) is 29.3. The van der Waals surface area contributed by atoms with Crippen molar-refractivity contribution in [3.63, 3.8) is 0 Å². The van der Waals surface area contributed by atoms with Crippen molar-refractivity contribution in [2.24, 2.45) is 5.73 Å². The smallest absolute Gasteiger partial charge is 0.368 e. The summed E-state index contributed by atoms with van der Waals surface area (Å²) in [6.07, 6.45) is -0.679. The van der Waals surface area contributed by atoms with Gasteiger partial charge >= 0.3 is 6.18 Å². The minimum absolute atomic E-state index is 0.0943. The van der Waals surface area contributed by atoms with Crippen molar-refractivity contribution in [1.82, 2.24) is 14.3 Å². The number of hydrogen-bond donors (Lipinski definition) is 1. The molecule has 27 heavy (non-hydrogen) atoms. The molecule has 1 saturated carbocycles. The van der Waals surface area contributed by atoms with Gasteiger partial charge in [0.05, 0.1) is 17.8 Å². The van der Waals surface area contributed by atoms with Gasteiger partial charge in [-0.3, -0.25) is 9.59 Å². The minimum Gasteiger partial charge on any atom is -0.368 e. The Hall–Kier alpha value is -2.58. The van der Waals surface area contributed by atoms with Gasteiger partial charge in [0.25, 0.3) is 5.91 Å². The molecule has 0 atom stereocenters. The number of nitrogens with zero attached hydrogens (tertiary/aromatic N) is 3. The number of primary amides is 1. The predicted molar refractivity (Wildman–Crippen MR) is 92.3 cm³/mol. The predicted octanol–water partition coefficient (Wildman–Crippen LogP) is 2.88. The monoisotopic (exact) mass is 382 g/mol. The molecular formula is C18H21F3N4O2. The fourth-order valence-corrected chi connectivity index (χ4v) is 3.19. The van der Waals surface area contributed by atoms with E-state index in [4.69, 9.17) is 5.73 Å². The van der Waals surface area contributed by atoms with Crippen LogP contribution in [-0.4, -0.2) is 39.2 Å². The van der Waals surface area contributed by atoms with Gasteiger partial charge in [-0.1, -0.05) is 6.92 Å². The highest BCUT2D eigenvalue weighted by molar-refractivity contribution is 5.96. The molecular weight excluding hydrogens is 361 g/mol. The number of pyridine rings is 1. The Kier molecular flexibility index (Phi) is 4.88. The van der Waals surface area contributed by atoms with Crippen molar-refractivity contribution in [2.75, 3.05) is 13.1 Å². The van der Waals surface area contributed by atoms with Crippen LogP contribution in [-0.2, 0) is 11.0 Å². The number of imidazole rings is 1. The first-order chi connectivity index (χ1) is 12.6. The van der Waals surface area contributed by atoms with Gasteiger partial charge in [-0.2, -0.15) is 13.2 Å². The van der Waals surface area contributed by atoms with Crippen molar-refractivity contribution < 1.29 is 22.8 Å². The normalized spacial score (nSPS) is 14.6. The number of alkyl halides is 3. The fourth-order valence-electron chi connectivity index (χ4n) is 3.19. The number of fused-ring (bicyclic) bond motifs is 1. The van der Waals surface area contributed by atoms with Crippen LogP contribution in [0.5, 0.6) is 0 Å². The second-order valence-corrected chi connectivity index (χ2v) is 6.89. The van der Waals surface area contributed by atoms with E-state index in [1.165, 1.54) is 9.30 Å². The third-order valence-corrected chi connectivity index (χ3v) is 4.66. The van der Waals surface area contributed by atoms with Gasteiger partial charge in [-0.25, -0.2) is 4.98 Å². The molecule has 146 valence electrons. The Balaban J connectivity index is 2.13. The molecule has 6 nitrogen and oxygen atoms in total. The maximum Gasteiger partial charge on any atom is 0.419 e. The molecule has 1 aliphatic carbocycles. The molecule has 0 aromatic carbocycles. The van der Waals surface area contributed by atoms with Crippen LogP contribution in [0.15, 0.2) is 12.3 Å². The van der Waals surface area contributed by atoms with E-state index in [-0.39, 0.29) is 30.3 Å². The molecule has 2 N–H and O–H groups in total. The third kappa shape index (κ3) is 3.77. The van der Waals surface area contributed by atoms with Crippen LogP contribution in [0, 0.1) is 6.92 Å². The maximum atomic E-state index is 13.6. The molecule has 0 bridgehead atoms. The Morgan fingerprint density at radius 3 is 2.56 bits per heavy atom. The summed E-state index contributed by atoms with van der Waals surface area (Å²) < 4.78 is 42.0. The van der Waals surface area contributed by atoms with Gasteiger partial charge in [0, 0.05) is 12.7 Å². The quantitative estimate of drug-likeness (QED) is 0.834. The lowest BCUT2D eigenvalue weighted by molar-refractivity contribution is -0.136. The van der Waals surface area contributed by atoms with Crippen molar-refractivity contribution >= 4 is 17.5 Å². The fraction of sp³-hybridized carbons (Fsp3) is 0.500. The SMILES string of the molecule is CCCN(CC(N)=O)C(=O)c1nc2c(C(F)(F)F)cc(C3CC3)cn2c1C. The van der Waals surface area contributed by atoms with Crippen molar-refractivity contribution in [3.8, 4) is 0 Å². The molecule has 3 rings (SSSR count). The first kappa shape index (κ1) is 19.2. The van der Waals surface area contributed by atoms with Crippen molar-refractivity contribution in [2.45, 2.75) is 45.2 Å². The number of nitrogens with two attached hydrogens (primary N) is 1. The number of aryl methyl sites for hydroxylation is 1. The van der Waals surface area contributed by atoms with Crippen LogP contribution in [0.2, 0.25) is 0 Å². The number of aromatic nitrogens is 2. The molecule has 2 amide bonds. The summed E-state index contributed by atoms with van der Waals surface area (Å²) >= 11 is 0. The molecule has 1 aliphatic rings. The lowest BCUT2D eigenvalue weighted by atomic mass is 10.1. The van der Waals surface area contributed by atoms with Gasteiger partial charge in [-0.05, 0) is 43.7 Å². The lowest BCUT2D eigenvalue weighted by Gasteiger charge is -2.19. The number of hydrogen-bond acceptors (Lipinski definition) is 3. The van der Waals surface area contributed by atoms with Gasteiger partial charge in [0.2, 0.25) is 5.91 Å². The number of rotatable bonds is 6. The summed E-state index contributed by atoms with van der Waals surface area (Å²) in [7, 11) is 0. The molecule has 1 fully saturated rings. The van der Waals surface area contributed by atoms with E-state index in [2.05, 4.69) is 4.98 Å². The van der Waals surface area contributed by atoms with Gasteiger partial charge in [-0.15, -0.1) is 0 Å². The van der Waals surface area contributed by atoms with Crippen LogP contribution < -0.4 is 5.73 Å². The van der Waals surface area contributed by atoms with E-state index in [0.29, 0.717) is 17.7 Å². The summed E-state index contributed by atoms with van der Waals surface area (Å²) in [6, 6.07) is 1.13. The summed E-state index contributed by atoms with van der Waals surface area (Å²) in [5.74, 6) is -1.17. The second-order valence-electron chi connectivity index (χ2n) is 6.89. The summed E-state index contributed by atoms with van der Waals surface area (Å²) in [5, 5.41) is 0. The molecule has 2 heterocycles. The molecule has 0 radical (unpaired) electrons. The molecule has 2 aromatic heterocycles. The minimum atomic E-state index is -4.58. The van der Waals surface area contributed by atoms with Gasteiger partial charge in [0.1, 0.15) is 11.3 Å². The molecule has 2 aromatic rings. The molecule has 0 saturated heterocycles. The molecule has 0 unspecified atom stereocenters. The summed E-state index contributed by atoms with van der Waals surface area (Å²) in [5.41, 5.74) is 4.84. The first-order valence-corrected chi connectivity index (χ1v) is 8.80. The highest BCUT2D eigenvalue weighted by Gasteiger charge is 2.37. The van der Waals surface area contributed by atoms with Gasteiger partial charge in [0.15, 0.2) is 0 Å². The topological polar surface area (TPSA) is 80.7 Å². The Labute approximate surface area is 154 Å². The van der Waals surface area contributed by atoms with E-state index < -0.39 is 23.6 Å².